The lowest BCUT2D eigenvalue weighted by Gasteiger charge is -2.21. The molecule has 0 radical (unpaired) electrons. The van der Waals surface area contributed by atoms with Crippen LogP contribution in [0.25, 0.3) is 0 Å². The maximum atomic E-state index is 12.1. The highest BCUT2D eigenvalue weighted by Gasteiger charge is 2.47. The number of methoxy groups -OCH3 is 1. The lowest BCUT2D eigenvalue weighted by atomic mass is 10.0. The summed E-state index contributed by atoms with van der Waals surface area (Å²) in [5.74, 6) is -0.119. The quantitative estimate of drug-likeness (QED) is 0.763. The molecule has 0 saturated heterocycles. The van der Waals surface area contributed by atoms with E-state index in [2.05, 4.69) is 5.32 Å². The van der Waals surface area contributed by atoms with Crippen molar-refractivity contribution >= 4 is 12.1 Å². The SMILES string of the molecule is COc1cccc(CC2(OC(=O)NC(CC(C)C)C(=O)O)CC2)c1. The molecule has 0 aromatic heterocycles. The number of carbonyl (C=O) groups excluding carboxylic acids is 1. The van der Waals surface area contributed by atoms with E-state index in [9.17, 15) is 14.7 Å². The van der Waals surface area contributed by atoms with Crippen molar-refractivity contribution in [2.75, 3.05) is 7.11 Å². The monoisotopic (exact) mass is 335 g/mol. The zero-order chi connectivity index (χ0) is 17.7. The van der Waals surface area contributed by atoms with Gasteiger partial charge < -0.3 is 19.9 Å². The Labute approximate surface area is 142 Å². The van der Waals surface area contributed by atoms with Crippen LogP contribution >= 0.6 is 0 Å². The Morgan fingerprint density at radius 3 is 2.58 bits per heavy atom. The first-order valence-corrected chi connectivity index (χ1v) is 8.19. The number of carbonyl (C=O) groups is 2. The maximum absolute atomic E-state index is 12.1. The van der Waals surface area contributed by atoms with Crippen LogP contribution in [0.1, 0.15) is 38.7 Å². The molecule has 1 aromatic rings. The van der Waals surface area contributed by atoms with E-state index in [1.54, 1.807) is 7.11 Å². The van der Waals surface area contributed by atoms with Crippen LogP contribution in [0.15, 0.2) is 24.3 Å². The molecule has 0 aliphatic heterocycles. The Bertz CT molecular complexity index is 595. The second-order valence-electron chi connectivity index (χ2n) is 6.77. The number of hydrogen-bond donors (Lipinski definition) is 2. The van der Waals surface area contributed by atoms with E-state index >= 15 is 0 Å². The minimum Gasteiger partial charge on any atom is -0.497 e. The van der Waals surface area contributed by atoms with Crippen molar-refractivity contribution in [1.82, 2.24) is 5.32 Å². The molecule has 1 unspecified atom stereocenters. The summed E-state index contributed by atoms with van der Waals surface area (Å²) >= 11 is 0. The molecule has 0 bridgehead atoms. The third-order valence-electron chi connectivity index (χ3n) is 4.07. The minimum atomic E-state index is -1.04. The van der Waals surface area contributed by atoms with Crippen molar-refractivity contribution < 1.29 is 24.2 Å². The van der Waals surface area contributed by atoms with Gasteiger partial charge in [0.05, 0.1) is 7.11 Å². The molecule has 0 spiro atoms. The summed E-state index contributed by atoms with van der Waals surface area (Å²) in [5, 5.41) is 11.7. The Morgan fingerprint density at radius 2 is 2.04 bits per heavy atom. The van der Waals surface area contributed by atoms with Gasteiger partial charge in [-0.3, -0.25) is 0 Å². The van der Waals surface area contributed by atoms with E-state index in [1.165, 1.54) is 0 Å². The number of carboxylic acid groups (broad SMARTS) is 1. The average Bonchev–Trinajstić information content (AvgIpc) is 3.25. The van der Waals surface area contributed by atoms with Crippen molar-refractivity contribution in [3.8, 4) is 5.75 Å². The molecule has 6 heteroatoms. The number of nitrogens with one attached hydrogen (secondary N) is 1. The molecule has 1 saturated carbocycles. The standard InChI is InChI=1S/C18H25NO5/c1-12(2)9-15(16(20)21)19-17(22)24-18(7-8-18)11-13-5-4-6-14(10-13)23-3/h4-6,10,12,15H,7-9,11H2,1-3H3,(H,19,22)(H,20,21). The van der Waals surface area contributed by atoms with Crippen molar-refractivity contribution in [2.24, 2.45) is 5.92 Å². The molecule has 1 aliphatic carbocycles. The summed E-state index contributed by atoms with van der Waals surface area (Å²) in [6.45, 7) is 3.82. The lowest BCUT2D eigenvalue weighted by Crippen LogP contribution is -2.43. The van der Waals surface area contributed by atoms with Gasteiger partial charge in [-0.05, 0) is 42.9 Å². The number of rotatable bonds is 8. The van der Waals surface area contributed by atoms with Crippen LogP contribution in [0.4, 0.5) is 4.79 Å². The predicted octanol–water partition coefficient (Wildman–Crippen LogP) is 3.00. The minimum absolute atomic E-state index is 0.165. The summed E-state index contributed by atoms with van der Waals surface area (Å²) < 4.78 is 10.7. The van der Waals surface area contributed by atoms with E-state index < -0.39 is 23.7 Å². The van der Waals surface area contributed by atoms with Gasteiger partial charge in [-0.1, -0.05) is 26.0 Å². The molecular formula is C18H25NO5. The van der Waals surface area contributed by atoms with Crippen LogP contribution in [0.3, 0.4) is 0 Å². The molecule has 1 aromatic carbocycles. The smallest absolute Gasteiger partial charge is 0.408 e. The third-order valence-corrected chi connectivity index (χ3v) is 4.07. The molecule has 1 atom stereocenters. The van der Waals surface area contributed by atoms with Crippen LogP contribution in [0.5, 0.6) is 5.75 Å². The number of benzene rings is 1. The first-order valence-electron chi connectivity index (χ1n) is 8.19. The third kappa shape index (κ3) is 5.15. The zero-order valence-electron chi connectivity index (χ0n) is 14.4. The Morgan fingerprint density at radius 1 is 1.33 bits per heavy atom. The van der Waals surface area contributed by atoms with Crippen molar-refractivity contribution in [2.45, 2.75) is 51.2 Å². The van der Waals surface area contributed by atoms with E-state index in [1.807, 2.05) is 38.1 Å². The topological polar surface area (TPSA) is 84.9 Å². The van der Waals surface area contributed by atoms with Crippen LogP contribution < -0.4 is 10.1 Å². The molecule has 2 N–H and O–H groups in total. The fourth-order valence-electron chi connectivity index (χ4n) is 2.67. The summed E-state index contributed by atoms with van der Waals surface area (Å²) in [6, 6.07) is 6.71. The highest BCUT2D eigenvalue weighted by molar-refractivity contribution is 5.80. The summed E-state index contributed by atoms with van der Waals surface area (Å²) in [5.41, 5.74) is 0.494. The highest BCUT2D eigenvalue weighted by Crippen LogP contribution is 2.43. The number of carboxylic acids is 1. The predicted molar refractivity (Wildman–Crippen MR) is 89.2 cm³/mol. The summed E-state index contributed by atoms with van der Waals surface area (Å²) in [7, 11) is 1.61. The summed E-state index contributed by atoms with van der Waals surface area (Å²) in [6.07, 6.45) is 1.86. The van der Waals surface area contributed by atoms with Gasteiger partial charge in [0.25, 0.3) is 0 Å². The number of aliphatic carboxylic acids is 1. The molecule has 1 amide bonds. The van der Waals surface area contributed by atoms with Gasteiger partial charge in [0.1, 0.15) is 17.4 Å². The number of amides is 1. The van der Waals surface area contributed by atoms with Crippen LogP contribution in [0.2, 0.25) is 0 Å². The molecule has 2 rings (SSSR count). The van der Waals surface area contributed by atoms with Gasteiger partial charge in [0.2, 0.25) is 0 Å². The normalized spacial score (nSPS) is 16.3. The van der Waals surface area contributed by atoms with Gasteiger partial charge in [-0.2, -0.15) is 0 Å². The fourth-order valence-corrected chi connectivity index (χ4v) is 2.67. The van der Waals surface area contributed by atoms with Gasteiger partial charge in [-0.25, -0.2) is 9.59 Å². The van der Waals surface area contributed by atoms with Crippen LogP contribution in [-0.2, 0) is 16.0 Å². The largest absolute Gasteiger partial charge is 0.497 e. The highest BCUT2D eigenvalue weighted by atomic mass is 16.6. The second kappa shape index (κ2) is 7.55. The van der Waals surface area contributed by atoms with E-state index in [4.69, 9.17) is 9.47 Å². The Kier molecular flexibility index (Phi) is 5.70. The van der Waals surface area contributed by atoms with Gasteiger partial charge in [0, 0.05) is 6.42 Å². The molecule has 0 heterocycles. The van der Waals surface area contributed by atoms with E-state index in [0.717, 1.165) is 24.2 Å². The van der Waals surface area contributed by atoms with Crippen LogP contribution in [0, 0.1) is 5.92 Å². The Hall–Kier alpha value is -2.24. The molecule has 132 valence electrons. The van der Waals surface area contributed by atoms with E-state index in [0.29, 0.717) is 12.8 Å². The lowest BCUT2D eigenvalue weighted by molar-refractivity contribution is -0.139. The van der Waals surface area contributed by atoms with Crippen molar-refractivity contribution in [3.63, 3.8) is 0 Å². The van der Waals surface area contributed by atoms with Crippen LogP contribution in [-0.4, -0.2) is 35.9 Å². The zero-order valence-corrected chi connectivity index (χ0v) is 14.4. The molecule has 24 heavy (non-hydrogen) atoms. The number of alkyl carbamates (subject to hydrolysis) is 1. The first kappa shape index (κ1) is 18.1. The summed E-state index contributed by atoms with van der Waals surface area (Å²) in [4.78, 5) is 23.3. The van der Waals surface area contributed by atoms with Crippen molar-refractivity contribution in [1.29, 1.82) is 0 Å². The molecule has 1 aliphatic rings. The van der Waals surface area contributed by atoms with Gasteiger partial charge in [0.15, 0.2) is 0 Å². The van der Waals surface area contributed by atoms with E-state index in [-0.39, 0.29) is 5.92 Å². The van der Waals surface area contributed by atoms with Crippen molar-refractivity contribution in [3.05, 3.63) is 29.8 Å². The first-order chi connectivity index (χ1) is 11.3. The average molecular weight is 335 g/mol. The van der Waals surface area contributed by atoms with Gasteiger partial charge >= 0.3 is 12.1 Å². The molecule has 6 nitrogen and oxygen atoms in total. The molecular weight excluding hydrogens is 310 g/mol. The maximum Gasteiger partial charge on any atom is 0.408 e. The van der Waals surface area contributed by atoms with Gasteiger partial charge in [-0.15, -0.1) is 0 Å². The fraction of sp³-hybridized carbons (Fsp3) is 0.556. The Balaban J connectivity index is 1.93. The molecule has 1 fully saturated rings. The number of hydrogen-bond acceptors (Lipinski definition) is 4. The number of ether oxygens (including phenoxy) is 2. The second-order valence-corrected chi connectivity index (χ2v) is 6.77.